The second-order valence-electron chi connectivity index (χ2n) is 4.36. The van der Waals surface area contributed by atoms with Crippen molar-refractivity contribution in [3.63, 3.8) is 0 Å². The van der Waals surface area contributed by atoms with Crippen LogP contribution in [0.5, 0.6) is 5.75 Å². The van der Waals surface area contributed by atoms with E-state index in [1.54, 1.807) is 0 Å². The molecule has 0 aromatic heterocycles. The van der Waals surface area contributed by atoms with Gasteiger partial charge in [-0.05, 0) is 42.5 Å². The lowest BCUT2D eigenvalue weighted by atomic mass is 10.3. The molecule has 0 aliphatic carbocycles. The molecule has 0 heterocycles. The number of nitrogens with two attached hydrogens (primary N) is 1. The molecule has 0 atom stereocenters. The Bertz CT molecular complexity index is 776. The monoisotopic (exact) mass is 324 g/mol. The maximum absolute atomic E-state index is 12.7. The van der Waals surface area contributed by atoms with E-state index in [9.17, 15) is 17.6 Å². The minimum atomic E-state index is -3.84. The van der Waals surface area contributed by atoms with Gasteiger partial charge in [0, 0.05) is 5.69 Å². The minimum absolute atomic E-state index is 0.107. The van der Waals surface area contributed by atoms with Crippen LogP contribution in [0.2, 0.25) is 0 Å². The molecular formula is C14H13FN2O4S. The van der Waals surface area contributed by atoms with Crippen LogP contribution in [0.15, 0.2) is 53.4 Å². The smallest absolute Gasteiger partial charge is 0.262 e. The van der Waals surface area contributed by atoms with Crippen molar-refractivity contribution in [1.82, 2.24) is 0 Å². The molecule has 0 spiro atoms. The number of sulfonamides is 1. The molecule has 0 saturated carbocycles. The number of benzene rings is 2. The number of nitrogens with one attached hydrogen (secondary N) is 1. The molecule has 8 heteroatoms. The molecule has 22 heavy (non-hydrogen) atoms. The Morgan fingerprint density at radius 2 is 1.86 bits per heavy atom. The van der Waals surface area contributed by atoms with Gasteiger partial charge in [0.05, 0.1) is 4.90 Å². The van der Waals surface area contributed by atoms with Crippen LogP contribution in [-0.4, -0.2) is 20.9 Å². The number of primary sulfonamides is 1. The van der Waals surface area contributed by atoms with Crippen molar-refractivity contribution < 1.29 is 22.3 Å². The average molecular weight is 324 g/mol. The van der Waals surface area contributed by atoms with Crippen molar-refractivity contribution in [3.05, 3.63) is 54.3 Å². The van der Waals surface area contributed by atoms with E-state index in [-0.39, 0.29) is 17.2 Å². The van der Waals surface area contributed by atoms with E-state index in [2.05, 4.69) is 5.32 Å². The molecule has 2 rings (SSSR count). The molecule has 3 N–H and O–H groups in total. The number of amides is 1. The van der Waals surface area contributed by atoms with E-state index in [0.29, 0.717) is 5.75 Å². The third-order valence-electron chi connectivity index (χ3n) is 2.63. The summed E-state index contributed by atoms with van der Waals surface area (Å²) in [6, 6.07) is 10.7. The Morgan fingerprint density at radius 3 is 2.50 bits per heavy atom. The third-order valence-corrected chi connectivity index (χ3v) is 3.54. The van der Waals surface area contributed by atoms with E-state index < -0.39 is 21.7 Å². The first kappa shape index (κ1) is 15.9. The van der Waals surface area contributed by atoms with E-state index in [1.807, 2.05) is 0 Å². The molecule has 0 aliphatic rings. The zero-order chi connectivity index (χ0) is 16.2. The Kier molecular flexibility index (Phi) is 4.74. The number of ether oxygens (including phenoxy) is 1. The Morgan fingerprint density at radius 1 is 1.18 bits per heavy atom. The number of anilines is 1. The Hall–Kier alpha value is -2.45. The number of halogens is 1. The van der Waals surface area contributed by atoms with Gasteiger partial charge in [0.1, 0.15) is 11.6 Å². The van der Waals surface area contributed by atoms with Crippen molar-refractivity contribution >= 4 is 21.6 Å². The van der Waals surface area contributed by atoms with Gasteiger partial charge in [-0.2, -0.15) is 0 Å². The van der Waals surface area contributed by atoms with Crippen molar-refractivity contribution in [2.45, 2.75) is 4.90 Å². The summed E-state index contributed by atoms with van der Waals surface area (Å²) in [6.45, 7) is -0.300. The normalized spacial score (nSPS) is 11.0. The summed E-state index contributed by atoms with van der Waals surface area (Å²) < 4.78 is 40.3. The lowest BCUT2D eigenvalue weighted by Gasteiger charge is -2.08. The van der Waals surface area contributed by atoms with Crippen LogP contribution in [0.1, 0.15) is 0 Å². The fourth-order valence-corrected chi connectivity index (χ4v) is 2.19. The molecule has 1 amide bonds. The molecular weight excluding hydrogens is 311 g/mol. The standard InChI is InChI=1S/C14H13FN2O4S/c15-10-4-6-12(7-5-10)21-9-14(18)17-11-2-1-3-13(8-11)22(16,19)20/h1-8H,9H2,(H,17,18)(H2,16,19,20). The van der Waals surface area contributed by atoms with Crippen LogP contribution in [-0.2, 0) is 14.8 Å². The molecule has 2 aromatic rings. The third kappa shape index (κ3) is 4.54. The Labute approximate surface area is 126 Å². The van der Waals surface area contributed by atoms with Gasteiger partial charge in [0.2, 0.25) is 10.0 Å². The second kappa shape index (κ2) is 6.54. The first-order valence-electron chi connectivity index (χ1n) is 6.16. The predicted octanol–water partition coefficient (Wildman–Crippen LogP) is 1.49. The van der Waals surface area contributed by atoms with E-state index in [1.165, 1.54) is 48.5 Å². The number of hydrogen-bond acceptors (Lipinski definition) is 4. The van der Waals surface area contributed by atoms with Gasteiger partial charge in [-0.25, -0.2) is 17.9 Å². The van der Waals surface area contributed by atoms with Crippen molar-refractivity contribution in [2.75, 3.05) is 11.9 Å². The fourth-order valence-electron chi connectivity index (χ4n) is 1.63. The van der Waals surface area contributed by atoms with Crippen LogP contribution < -0.4 is 15.2 Å². The average Bonchev–Trinajstić information content (AvgIpc) is 2.46. The van der Waals surface area contributed by atoms with Gasteiger partial charge < -0.3 is 10.1 Å². The van der Waals surface area contributed by atoms with Gasteiger partial charge in [0.25, 0.3) is 5.91 Å². The fraction of sp³-hybridized carbons (Fsp3) is 0.0714. The predicted molar refractivity (Wildman–Crippen MR) is 78.3 cm³/mol. The maximum atomic E-state index is 12.7. The van der Waals surface area contributed by atoms with Crippen LogP contribution in [0.4, 0.5) is 10.1 Å². The molecule has 0 bridgehead atoms. The molecule has 0 aliphatic heterocycles. The lowest BCUT2D eigenvalue weighted by molar-refractivity contribution is -0.118. The van der Waals surface area contributed by atoms with Gasteiger partial charge in [-0.15, -0.1) is 0 Å². The number of carbonyl (C=O) groups is 1. The Balaban J connectivity index is 1.96. The molecule has 0 saturated heterocycles. The first-order chi connectivity index (χ1) is 10.3. The second-order valence-corrected chi connectivity index (χ2v) is 5.93. The highest BCUT2D eigenvalue weighted by atomic mass is 32.2. The van der Waals surface area contributed by atoms with Crippen LogP contribution in [0, 0.1) is 5.82 Å². The summed E-state index contributed by atoms with van der Waals surface area (Å²) in [5.41, 5.74) is 0.277. The van der Waals surface area contributed by atoms with Crippen molar-refractivity contribution in [1.29, 1.82) is 0 Å². The van der Waals surface area contributed by atoms with Crippen LogP contribution in [0.25, 0.3) is 0 Å². The highest BCUT2D eigenvalue weighted by Gasteiger charge is 2.09. The van der Waals surface area contributed by atoms with Gasteiger partial charge in [0.15, 0.2) is 6.61 Å². The summed E-state index contributed by atoms with van der Waals surface area (Å²) in [6.07, 6.45) is 0. The van der Waals surface area contributed by atoms with Crippen molar-refractivity contribution in [3.8, 4) is 5.75 Å². The first-order valence-corrected chi connectivity index (χ1v) is 7.70. The zero-order valence-corrected chi connectivity index (χ0v) is 12.1. The van der Waals surface area contributed by atoms with Gasteiger partial charge in [-0.1, -0.05) is 6.07 Å². The van der Waals surface area contributed by atoms with Gasteiger partial charge in [-0.3, -0.25) is 4.79 Å². The van der Waals surface area contributed by atoms with Crippen LogP contribution in [0.3, 0.4) is 0 Å². The highest BCUT2D eigenvalue weighted by Crippen LogP contribution is 2.14. The summed E-state index contributed by atoms with van der Waals surface area (Å²) >= 11 is 0. The maximum Gasteiger partial charge on any atom is 0.262 e. The molecule has 116 valence electrons. The van der Waals surface area contributed by atoms with E-state index in [0.717, 1.165) is 0 Å². The molecule has 0 unspecified atom stereocenters. The summed E-state index contributed by atoms with van der Waals surface area (Å²) in [5.74, 6) is -0.553. The van der Waals surface area contributed by atoms with Gasteiger partial charge >= 0.3 is 0 Å². The number of rotatable bonds is 5. The summed E-state index contributed by atoms with van der Waals surface area (Å²) in [5, 5.41) is 7.49. The highest BCUT2D eigenvalue weighted by molar-refractivity contribution is 7.89. The number of hydrogen-bond donors (Lipinski definition) is 2. The van der Waals surface area contributed by atoms with E-state index >= 15 is 0 Å². The largest absolute Gasteiger partial charge is 0.484 e. The lowest BCUT2D eigenvalue weighted by Crippen LogP contribution is -2.20. The van der Waals surface area contributed by atoms with E-state index in [4.69, 9.17) is 9.88 Å². The number of carbonyl (C=O) groups excluding carboxylic acids is 1. The van der Waals surface area contributed by atoms with Crippen molar-refractivity contribution in [2.24, 2.45) is 5.14 Å². The molecule has 0 fully saturated rings. The zero-order valence-electron chi connectivity index (χ0n) is 11.3. The summed E-state index contributed by atoms with van der Waals surface area (Å²) in [4.78, 5) is 11.6. The molecule has 0 radical (unpaired) electrons. The molecule has 2 aromatic carbocycles. The quantitative estimate of drug-likeness (QED) is 0.870. The van der Waals surface area contributed by atoms with Crippen LogP contribution >= 0.6 is 0 Å². The SMILES string of the molecule is NS(=O)(=O)c1cccc(NC(=O)COc2ccc(F)cc2)c1. The summed E-state index contributed by atoms with van der Waals surface area (Å²) in [7, 11) is -3.84. The minimum Gasteiger partial charge on any atom is -0.484 e. The topological polar surface area (TPSA) is 98.5 Å². The molecule has 6 nitrogen and oxygen atoms in total.